The summed E-state index contributed by atoms with van der Waals surface area (Å²) in [6.07, 6.45) is 55.9. The lowest BCUT2D eigenvalue weighted by atomic mass is 10.00. The molecule has 0 bridgehead atoms. The van der Waals surface area contributed by atoms with Crippen LogP contribution in [0.3, 0.4) is 0 Å². The maximum absolute atomic E-state index is 13.1. The highest BCUT2D eigenvalue weighted by atomic mass is 31.2. The molecule has 0 rings (SSSR count). The Morgan fingerprint density at radius 3 is 0.717 bits per heavy atom. The lowest BCUT2D eigenvalue weighted by molar-refractivity contribution is -0.161. The van der Waals surface area contributed by atoms with Crippen LogP contribution in [0.15, 0.2) is 0 Å². The molecular formula is C80H156O17P2. The van der Waals surface area contributed by atoms with Crippen molar-refractivity contribution in [1.82, 2.24) is 0 Å². The fourth-order valence-electron chi connectivity index (χ4n) is 12.2. The largest absolute Gasteiger partial charge is 0.472 e. The summed E-state index contributed by atoms with van der Waals surface area (Å²) in [5.41, 5.74) is 0. The number of phosphoric acid groups is 2. The maximum atomic E-state index is 13.1. The Balaban J connectivity index is 5.14. The molecule has 0 aromatic heterocycles. The summed E-state index contributed by atoms with van der Waals surface area (Å²) in [6.45, 7) is 14.2. The van der Waals surface area contributed by atoms with Crippen LogP contribution in [0.25, 0.3) is 0 Å². The average molecular weight is 1450 g/mol. The quantitative estimate of drug-likeness (QED) is 0.0222. The van der Waals surface area contributed by atoms with Crippen LogP contribution in [-0.4, -0.2) is 96.7 Å². The molecule has 99 heavy (non-hydrogen) atoms. The molecule has 0 aliphatic carbocycles. The molecule has 0 aliphatic heterocycles. The van der Waals surface area contributed by atoms with E-state index in [9.17, 15) is 43.2 Å². The highest BCUT2D eigenvalue weighted by molar-refractivity contribution is 7.47. The number of hydrogen-bond donors (Lipinski definition) is 3. The molecule has 0 heterocycles. The molecule has 0 radical (unpaired) electrons. The van der Waals surface area contributed by atoms with Crippen molar-refractivity contribution in [1.29, 1.82) is 0 Å². The zero-order valence-electron chi connectivity index (χ0n) is 65.1. The summed E-state index contributed by atoms with van der Waals surface area (Å²) in [7, 11) is -9.92. The van der Waals surface area contributed by atoms with E-state index in [1.807, 2.05) is 0 Å². The number of rotatable bonds is 77. The third kappa shape index (κ3) is 72.8. The SMILES string of the molecule is CCC(C)CCCCCCCCC(=O)OC[C@H](COP(=O)(O)OCC(O)COP(=O)(O)OC[C@@H](COC(=O)CCCCCCCCC(C)C)OC(=O)CCCCCCCCCCCCCCCCCCCCC(C)C)OC(=O)CCCCCCCCCCCCCCCCCCC(C)C. The van der Waals surface area contributed by atoms with E-state index in [1.54, 1.807) is 0 Å². The summed E-state index contributed by atoms with van der Waals surface area (Å²) < 4.78 is 68.6. The molecule has 0 aromatic carbocycles. The summed E-state index contributed by atoms with van der Waals surface area (Å²) in [5, 5.41) is 10.6. The van der Waals surface area contributed by atoms with E-state index in [1.165, 1.54) is 199 Å². The number of unbranched alkanes of at least 4 members (excludes halogenated alkanes) is 42. The van der Waals surface area contributed by atoms with Crippen molar-refractivity contribution >= 4 is 39.5 Å². The van der Waals surface area contributed by atoms with Gasteiger partial charge in [-0.15, -0.1) is 0 Å². The predicted molar refractivity (Wildman–Crippen MR) is 404 cm³/mol. The van der Waals surface area contributed by atoms with Crippen LogP contribution in [0.1, 0.15) is 409 Å². The Bertz CT molecular complexity index is 1940. The van der Waals surface area contributed by atoms with Crippen LogP contribution in [0.2, 0.25) is 0 Å². The minimum Gasteiger partial charge on any atom is -0.462 e. The number of phosphoric ester groups is 2. The van der Waals surface area contributed by atoms with Crippen molar-refractivity contribution in [3.8, 4) is 0 Å². The lowest BCUT2D eigenvalue weighted by Crippen LogP contribution is -2.30. The van der Waals surface area contributed by atoms with Crippen molar-refractivity contribution in [2.45, 2.75) is 427 Å². The fourth-order valence-corrected chi connectivity index (χ4v) is 13.8. The zero-order valence-corrected chi connectivity index (χ0v) is 66.9. The second-order valence-electron chi connectivity index (χ2n) is 30.5. The second-order valence-corrected chi connectivity index (χ2v) is 33.4. The Hall–Kier alpha value is -1.94. The van der Waals surface area contributed by atoms with Gasteiger partial charge in [0.25, 0.3) is 0 Å². The van der Waals surface area contributed by atoms with Gasteiger partial charge in [-0.3, -0.25) is 37.3 Å². The molecule has 4 unspecified atom stereocenters. The fraction of sp³-hybridized carbons (Fsp3) is 0.950. The summed E-state index contributed by atoms with van der Waals surface area (Å²) in [5.74, 6) is 0.920. The van der Waals surface area contributed by atoms with Crippen molar-refractivity contribution < 1.29 is 80.2 Å². The number of aliphatic hydroxyl groups is 1. The maximum Gasteiger partial charge on any atom is 0.472 e. The van der Waals surface area contributed by atoms with Crippen molar-refractivity contribution in [2.24, 2.45) is 23.7 Å². The van der Waals surface area contributed by atoms with Gasteiger partial charge >= 0.3 is 39.5 Å². The number of hydrogen-bond acceptors (Lipinski definition) is 15. The molecular weight excluding hydrogens is 1290 g/mol. The van der Waals surface area contributed by atoms with E-state index < -0.39 is 97.5 Å². The van der Waals surface area contributed by atoms with Crippen LogP contribution in [0.4, 0.5) is 0 Å². The van der Waals surface area contributed by atoms with Gasteiger partial charge in [0.1, 0.15) is 19.3 Å². The first kappa shape index (κ1) is 97.1. The van der Waals surface area contributed by atoms with Crippen LogP contribution >= 0.6 is 15.6 Å². The van der Waals surface area contributed by atoms with E-state index in [-0.39, 0.29) is 25.7 Å². The number of ether oxygens (including phenoxy) is 4. The molecule has 19 heteroatoms. The Labute approximate surface area is 607 Å². The molecule has 0 aromatic rings. The highest BCUT2D eigenvalue weighted by Gasteiger charge is 2.30. The predicted octanol–water partition coefficient (Wildman–Crippen LogP) is 23.6. The zero-order chi connectivity index (χ0) is 73.1. The van der Waals surface area contributed by atoms with Gasteiger partial charge in [0.2, 0.25) is 0 Å². The molecule has 588 valence electrons. The van der Waals surface area contributed by atoms with Gasteiger partial charge in [-0.1, -0.05) is 357 Å². The molecule has 0 fully saturated rings. The van der Waals surface area contributed by atoms with E-state index in [2.05, 4.69) is 55.4 Å². The van der Waals surface area contributed by atoms with Crippen LogP contribution < -0.4 is 0 Å². The van der Waals surface area contributed by atoms with Crippen LogP contribution in [0.5, 0.6) is 0 Å². The third-order valence-electron chi connectivity index (χ3n) is 18.9. The molecule has 6 atom stereocenters. The summed E-state index contributed by atoms with van der Waals surface area (Å²) >= 11 is 0. The van der Waals surface area contributed by atoms with Gasteiger partial charge in [-0.05, 0) is 49.4 Å². The third-order valence-corrected chi connectivity index (χ3v) is 20.8. The molecule has 0 saturated carbocycles. The first-order valence-electron chi connectivity index (χ1n) is 41.2. The standard InChI is InChI=1S/C80H156O17P2/c1-9-73(8)59-51-43-37-39-45-53-61-78(83)91-67-76(97-80(85)63-55-47-35-31-27-23-19-15-14-17-21-25-29-33-41-49-57-71(4)5)69-95-99(88,89)93-65-74(81)64-92-98(86,87)94-68-75(66-90-77(82)60-52-44-38-36-42-50-58-72(6)7)96-79(84)62-54-46-34-30-26-22-18-13-11-10-12-16-20-24-28-32-40-48-56-70(2)3/h70-76,81H,9-69H2,1-8H3,(H,86,87)(H,88,89)/t73?,74?,75-,76-/m1/s1. The normalized spacial score (nSPS) is 14.3. The summed E-state index contributed by atoms with van der Waals surface area (Å²) in [4.78, 5) is 72.9. The Morgan fingerprint density at radius 2 is 0.485 bits per heavy atom. The van der Waals surface area contributed by atoms with Gasteiger partial charge in [0, 0.05) is 25.7 Å². The number of aliphatic hydroxyl groups excluding tert-OH is 1. The number of carbonyl (C=O) groups is 4. The van der Waals surface area contributed by atoms with Crippen molar-refractivity contribution in [2.75, 3.05) is 39.6 Å². The molecule has 3 N–H and O–H groups in total. The Kier molecular flexibility index (Phi) is 67.8. The van der Waals surface area contributed by atoms with Crippen molar-refractivity contribution in [3.05, 3.63) is 0 Å². The molecule has 0 spiro atoms. The topological polar surface area (TPSA) is 237 Å². The van der Waals surface area contributed by atoms with E-state index in [0.29, 0.717) is 31.6 Å². The number of esters is 4. The first-order chi connectivity index (χ1) is 47.6. The first-order valence-corrected chi connectivity index (χ1v) is 44.2. The molecule has 0 saturated heterocycles. The van der Waals surface area contributed by atoms with Crippen molar-refractivity contribution in [3.63, 3.8) is 0 Å². The Morgan fingerprint density at radius 1 is 0.283 bits per heavy atom. The smallest absolute Gasteiger partial charge is 0.462 e. The highest BCUT2D eigenvalue weighted by Crippen LogP contribution is 2.45. The monoisotopic (exact) mass is 1450 g/mol. The number of carbonyl (C=O) groups excluding carboxylic acids is 4. The van der Waals surface area contributed by atoms with E-state index >= 15 is 0 Å². The van der Waals surface area contributed by atoms with Gasteiger partial charge in [0.05, 0.1) is 26.4 Å². The van der Waals surface area contributed by atoms with E-state index in [0.717, 1.165) is 120 Å². The lowest BCUT2D eigenvalue weighted by Gasteiger charge is -2.21. The van der Waals surface area contributed by atoms with Crippen LogP contribution in [-0.2, 0) is 65.4 Å². The summed E-state index contributed by atoms with van der Waals surface area (Å²) in [6, 6.07) is 0. The van der Waals surface area contributed by atoms with E-state index in [4.69, 9.17) is 37.0 Å². The minimum absolute atomic E-state index is 0.107. The second kappa shape index (κ2) is 69.1. The molecule has 0 aliphatic rings. The average Bonchev–Trinajstić information content (AvgIpc) is 1.05. The van der Waals surface area contributed by atoms with Gasteiger partial charge < -0.3 is 33.8 Å². The van der Waals surface area contributed by atoms with Gasteiger partial charge in [-0.25, -0.2) is 9.13 Å². The van der Waals surface area contributed by atoms with Gasteiger partial charge in [-0.2, -0.15) is 0 Å². The minimum atomic E-state index is -4.96. The molecule has 17 nitrogen and oxygen atoms in total. The van der Waals surface area contributed by atoms with Crippen LogP contribution in [0, 0.1) is 23.7 Å². The molecule has 0 amide bonds. The van der Waals surface area contributed by atoms with Gasteiger partial charge in [0.15, 0.2) is 12.2 Å².